The van der Waals surface area contributed by atoms with Crippen LogP contribution in [0.3, 0.4) is 0 Å². The van der Waals surface area contributed by atoms with Crippen molar-refractivity contribution in [2.24, 2.45) is 5.92 Å². The van der Waals surface area contributed by atoms with Gasteiger partial charge in [-0.05, 0) is 42.5 Å². The molecule has 0 saturated heterocycles. The molecule has 3 amide bonds. The number of aliphatic hydroxyl groups is 1. The van der Waals surface area contributed by atoms with Crippen LogP contribution in [0.4, 0.5) is 14.9 Å². The van der Waals surface area contributed by atoms with Crippen molar-refractivity contribution in [1.29, 1.82) is 0 Å². The fourth-order valence-corrected chi connectivity index (χ4v) is 2.99. The molecule has 1 atom stereocenters. The van der Waals surface area contributed by atoms with Crippen molar-refractivity contribution in [3.63, 3.8) is 0 Å². The topological polar surface area (TPSA) is 81.7 Å². The van der Waals surface area contributed by atoms with Gasteiger partial charge in [0.15, 0.2) is 0 Å². The van der Waals surface area contributed by atoms with Gasteiger partial charge in [0.2, 0.25) is 5.91 Å². The molecule has 1 aromatic rings. The highest BCUT2D eigenvalue weighted by atomic mass is 19.1. The van der Waals surface area contributed by atoms with E-state index in [1.54, 1.807) is 0 Å². The number of hydrogen-bond acceptors (Lipinski definition) is 3. The summed E-state index contributed by atoms with van der Waals surface area (Å²) in [6, 6.07) is 3.51. The first kappa shape index (κ1) is 15.7. The van der Waals surface area contributed by atoms with E-state index >= 15 is 0 Å². The van der Waals surface area contributed by atoms with E-state index in [0.717, 1.165) is 19.3 Å². The number of hydrogen-bond donors (Lipinski definition) is 3. The summed E-state index contributed by atoms with van der Waals surface area (Å²) < 4.78 is 13.3. The number of benzene rings is 1. The van der Waals surface area contributed by atoms with Gasteiger partial charge in [0.1, 0.15) is 12.4 Å². The molecule has 3 N–H and O–H groups in total. The van der Waals surface area contributed by atoms with Crippen molar-refractivity contribution in [1.82, 2.24) is 10.2 Å². The Kier molecular flexibility index (Phi) is 4.47. The lowest BCUT2D eigenvalue weighted by atomic mass is 9.80. The number of urea groups is 1. The Morgan fingerprint density at radius 2 is 2.26 bits per heavy atom. The number of rotatable bonds is 5. The molecule has 1 heterocycles. The largest absolute Gasteiger partial charge is 0.394 e. The van der Waals surface area contributed by atoms with Gasteiger partial charge in [-0.1, -0.05) is 6.42 Å². The Hall–Kier alpha value is -2.15. The quantitative estimate of drug-likeness (QED) is 0.768. The highest BCUT2D eigenvalue weighted by molar-refractivity contribution is 5.94. The molecular weight excluding hydrogens is 301 g/mol. The Labute approximate surface area is 133 Å². The minimum atomic E-state index is -0.386. The second-order valence-electron chi connectivity index (χ2n) is 6.14. The molecule has 0 aromatic heterocycles. The molecule has 124 valence electrons. The molecule has 1 aromatic carbocycles. The summed E-state index contributed by atoms with van der Waals surface area (Å²) in [7, 11) is 0. The number of amides is 3. The van der Waals surface area contributed by atoms with E-state index in [-0.39, 0.29) is 43.5 Å². The lowest BCUT2D eigenvalue weighted by Gasteiger charge is -2.34. The number of fused-ring (bicyclic) bond motifs is 1. The molecule has 3 rings (SSSR count). The zero-order valence-electron chi connectivity index (χ0n) is 12.7. The molecule has 1 aliphatic heterocycles. The first-order valence-electron chi connectivity index (χ1n) is 7.81. The fraction of sp³-hybridized carbons (Fsp3) is 0.500. The smallest absolute Gasteiger partial charge is 0.322 e. The van der Waals surface area contributed by atoms with Crippen LogP contribution in [0.2, 0.25) is 0 Å². The molecule has 1 fully saturated rings. The second-order valence-corrected chi connectivity index (χ2v) is 6.14. The molecule has 0 bridgehead atoms. The molecule has 0 radical (unpaired) electrons. The minimum absolute atomic E-state index is 0.101. The van der Waals surface area contributed by atoms with Gasteiger partial charge in [-0.15, -0.1) is 0 Å². The van der Waals surface area contributed by atoms with Crippen LogP contribution in [0, 0.1) is 11.7 Å². The third-order valence-corrected chi connectivity index (χ3v) is 4.55. The zero-order valence-corrected chi connectivity index (χ0v) is 12.7. The molecule has 1 saturated carbocycles. The summed E-state index contributed by atoms with van der Waals surface area (Å²) in [4.78, 5) is 25.5. The predicted octanol–water partition coefficient (Wildman–Crippen LogP) is 1.45. The Morgan fingerprint density at radius 1 is 1.48 bits per heavy atom. The van der Waals surface area contributed by atoms with Crippen molar-refractivity contribution >= 4 is 17.6 Å². The van der Waals surface area contributed by atoms with E-state index in [1.165, 1.54) is 23.1 Å². The van der Waals surface area contributed by atoms with E-state index in [2.05, 4.69) is 10.6 Å². The van der Waals surface area contributed by atoms with Gasteiger partial charge in [-0.25, -0.2) is 9.18 Å². The SMILES string of the molecule is O=C(CN1Cc2cc(F)ccc2NC1=O)NC(CO)C1CCC1. The third kappa shape index (κ3) is 3.44. The van der Waals surface area contributed by atoms with E-state index in [0.29, 0.717) is 17.2 Å². The van der Waals surface area contributed by atoms with E-state index in [1.807, 2.05) is 0 Å². The van der Waals surface area contributed by atoms with Gasteiger partial charge >= 0.3 is 6.03 Å². The molecular formula is C16H20FN3O3. The molecule has 2 aliphatic rings. The highest BCUT2D eigenvalue weighted by Gasteiger charge is 2.30. The number of nitrogens with zero attached hydrogens (tertiary/aromatic N) is 1. The van der Waals surface area contributed by atoms with Gasteiger partial charge < -0.3 is 20.6 Å². The first-order valence-corrected chi connectivity index (χ1v) is 7.81. The van der Waals surface area contributed by atoms with E-state index < -0.39 is 0 Å². The number of carbonyl (C=O) groups excluding carboxylic acids is 2. The van der Waals surface area contributed by atoms with Crippen LogP contribution < -0.4 is 10.6 Å². The van der Waals surface area contributed by atoms with E-state index in [9.17, 15) is 19.1 Å². The molecule has 23 heavy (non-hydrogen) atoms. The fourth-order valence-electron chi connectivity index (χ4n) is 2.99. The van der Waals surface area contributed by atoms with Gasteiger partial charge in [0, 0.05) is 5.69 Å². The van der Waals surface area contributed by atoms with Gasteiger partial charge in [0.05, 0.1) is 19.2 Å². The number of aliphatic hydroxyl groups excluding tert-OH is 1. The van der Waals surface area contributed by atoms with Crippen LogP contribution in [0.25, 0.3) is 0 Å². The normalized spacial score (nSPS) is 18.7. The van der Waals surface area contributed by atoms with Crippen molar-refractivity contribution in [2.75, 3.05) is 18.5 Å². The van der Waals surface area contributed by atoms with Gasteiger partial charge in [0.25, 0.3) is 0 Å². The molecule has 7 heteroatoms. The van der Waals surface area contributed by atoms with Gasteiger partial charge in [-0.2, -0.15) is 0 Å². The first-order chi connectivity index (χ1) is 11.1. The summed E-state index contributed by atoms with van der Waals surface area (Å²) >= 11 is 0. The third-order valence-electron chi connectivity index (χ3n) is 4.55. The summed E-state index contributed by atoms with van der Waals surface area (Å²) in [5.74, 6) is -0.380. The highest BCUT2D eigenvalue weighted by Crippen LogP contribution is 2.29. The monoisotopic (exact) mass is 321 g/mol. The molecule has 1 aliphatic carbocycles. The van der Waals surface area contributed by atoms with Crippen molar-refractivity contribution in [2.45, 2.75) is 31.8 Å². The zero-order chi connectivity index (χ0) is 16.4. The van der Waals surface area contributed by atoms with Crippen LogP contribution in [0.5, 0.6) is 0 Å². The van der Waals surface area contributed by atoms with Crippen molar-refractivity contribution in [3.8, 4) is 0 Å². The molecule has 6 nitrogen and oxygen atoms in total. The number of halogens is 1. The van der Waals surface area contributed by atoms with Gasteiger partial charge in [-0.3, -0.25) is 4.79 Å². The van der Waals surface area contributed by atoms with Crippen LogP contribution in [0.15, 0.2) is 18.2 Å². The molecule has 0 spiro atoms. The average Bonchev–Trinajstić information content (AvgIpc) is 2.46. The number of nitrogens with one attached hydrogen (secondary N) is 2. The summed E-state index contributed by atoms with van der Waals surface area (Å²) in [6.45, 7) is -0.0405. The maximum Gasteiger partial charge on any atom is 0.322 e. The standard InChI is InChI=1S/C16H20FN3O3/c17-12-4-5-13-11(6-12)7-20(16(23)19-13)8-15(22)18-14(9-21)10-2-1-3-10/h4-6,10,14,21H,1-3,7-9H2,(H,18,22)(H,19,23). The lowest BCUT2D eigenvalue weighted by molar-refractivity contribution is -0.123. The lowest BCUT2D eigenvalue weighted by Crippen LogP contribution is -2.50. The molecule has 1 unspecified atom stereocenters. The van der Waals surface area contributed by atoms with Crippen LogP contribution in [-0.2, 0) is 11.3 Å². The summed E-state index contributed by atoms with van der Waals surface area (Å²) in [6.07, 6.45) is 3.12. The maximum absolute atomic E-state index is 13.3. The average molecular weight is 321 g/mol. The maximum atomic E-state index is 13.3. The summed E-state index contributed by atoms with van der Waals surface area (Å²) in [5.41, 5.74) is 1.20. The summed E-state index contributed by atoms with van der Waals surface area (Å²) in [5, 5.41) is 14.8. The number of carbonyl (C=O) groups is 2. The van der Waals surface area contributed by atoms with Crippen LogP contribution >= 0.6 is 0 Å². The van der Waals surface area contributed by atoms with Crippen molar-refractivity contribution < 1.29 is 19.1 Å². The Bertz CT molecular complexity index is 619. The predicted molar refractivity (Wildman–Crippen MR) is 82.2 cm³/mol. The van der Waals surface area contributed by atoms with Crippen molar-refractivity contribution in [3.05, 3.63) is 29.6 Å². The number of anilines is 1. The van der Waals surface area contributed by atoms with E-state index in [4.69, 9.17) is 0 Å². The van der Waals surface area contributed by atoms with Crippen LogP contribution in [-0.4, -0.2) is 41.1 Å². The Morgan fingerprint density at radius 3 is 2.91 bits per heavy atom. The Balaban J connectivity index is 1.61. The second kappa shape index (κ2) is 6.54. The van der Waals surface area contributed by atoms with Crippen LogP contribution in [0.1, 0.15) is 24.8 Å². The minimum Gasteiger partial charge on any atom is -0.394 e.